The molecule has 1 aliphatic rings. The van der Waals surface area contributed by atoms with Crippen LogP contribution in [0.5, 0.6) is 0 Å². The van der Waals surface area contributed by atoms with Crippen molar-refractivity contribution < 1.29 is 9.21 Å². The Hall–Kier alpha value is -2.88. The third-order valence-electron chi connectivity index (χ3n) is 4.30. The van der Waals surface area contributed by atoms with Crippen LogP contribution in [0.1, 0.15) is 22.8 Å². The number of amides is 1. The van der Waals surface area contributed by atoms with Gasteiger partial charge < -0.3 is 9.32 Å². The number of carbonyl (C=O) groups is 1. The van der Waals surface area contributed by atoms with E-state index >= 15 is 0 Å². The molecule has 2 heterocycles. The summed E-state index contributed by atoms with van der Waals surface area (Å²) in [6, 6.07) is 16.6. The van der Waals surface area contributed by atoms with Crippen molar-refractivity contribution in [2.45, 2.75) is 19.4 Å². The maximum Gasteiger partial charge on any atom is 0.349 e. The van der Waals surface area contributed by atoms with E-state index in [2.05, 4.69) is 0 Å². The Bertz CT molecular complexity index is 974. The van der Waals surface area contributed by atoms with Crippen LogP contribution in [0.2, 0.25) is 0 Å². The summed E-state index contributed by atoms with van der Waals surface area (Å²) in [5.41, 5.74) is 1.97. The molecule has 1 aliphatic heterocycles. The summed E-state index contributed by atoms with van der Waals surface area (Å²) in [5.74, 6) is -0.304. The Labute approximate surface area is 133 Å². The normalized spacial score (nSPS) is 16.6. The molecule has 0 N–H and O–H groups in total. The van der Waals surface area contributed by atoms with Crippen LogP contribution < -0.4 is 10.5 Å². The van der Waals surface area contributed by atoms with E-state index in [-0.39, 0.29) is 17.5 Å². The summed E-state index contributed by atoms with van der Waals surface area (Å²) in [6.45, 7) is 1.99. The minimum Gasteiger partial charge on any atom is -0.422 e. The minimum absolute atomic E-state index is 0.0192. The molecule has 114 valence electrons. The highest BCUT2D eigenvalue weighted by Gasteiger charge is 2.32. The van der Waals surface area contributed by atoms with Gasteiger partial charge in [-0.25, -0.2) is 4.79 Å². The minimum atomic E-state index is -0.592. The number of carbonyl (C=O) groups excluding carboxylic acids is 1. The largest absolute Gasteiger partial charge is 0.422 e. The highest BCUT2D eigenvalue weighted by Crippen LogP contribution is 2.32. The van der Waals surface area contributed by atoms with Gasteiger partial charge in [0, 0.05) is 17.1 Å². The molecule has 1 amide bonds. The van der Waals surface area contributed by atoms with E-state index < -0.39 is 5.63 Å². The van der Waals surface area contributed by atoms with Crippen LogP contribution in [0.3, 0.4) is 0 Å². The summed E-state index contributed by atoms with van der Waals surface area (Å²) >= 11 is 0. The predicted molar refractivity (Wildman–Crippen MR) is 88.9 cm³/mol. The van der Waals surface area contributed by atoms with Gasteiger partial charge in [-0.2, -0.15) is 0 Å². The SMILES string of the molecule is CC1Cc2ccccc2N1C(=O)c1cc2ccccc2oc1=O. The fourth-order valence-corrected chi connectivity index (χ4v) is 3.22. The second kappa shape index (κ2) is 5.09. The van der Waals surface area contributed by atoms with E-state index in [1.54, 1.807) is 23.1 Å². The van der Waals surface area contributed by atoms with Gasteiger partial charge in [0.2, 0.25) is 0 Å². The zero-order valence-electron chi connectivity index (χ0n) is 12.7. The Morgan fingerprint density at radius 1 is 1.13 bits per heavy atom. The molecule has 0 radical (unpaired) electrons. The average molecular weight is 305 g/mol. The van der Waals surface area contributed by atoms with Crippen molar-refractivity contribution >= 4 is 22.6 Å². The van der Waals surface area contributed by atoms with Crippen molar-refractivity contribution in [3.63, 3.8) is 0 Å². The molecule has 1 aromatic heterocycles. The molecule has 2 aromatic carbocycles. The summed E-state index contributed by atoms with van der Waals surface area (Å²) < 4.78 is 5.29. The standard InChI is InChI=1S/C19H15NO3/c1-12-10-13-6-2-4-8-16(13)20(12)18(21)15-11-14-7-3-5-9-17(14)23-19(15)22/h2-9,11-12H,10H2,1H3. The lowest BCUT2D eigenvalue weighted by atomic mass is 10.1. The van der Waals surface area contributed by atoms with Crippen molar-refractivity contribution in [3.05, 3.63) is 76.1 Å². The van der Waals surface area contributed by atoms with Crippen molar-refractivity contribution in [1.82, 2.24) is 0 Å². The molecular formula is C19H15NO3. The van der Waals surface area contributed by atoms with Gasteiger partial charge in [0.25, 0.3) is 5.91 Å². The van der Waals surface area contributed by atoms with Crippen molar-refractivity contribution in [3.8, 4) is 0 Å². The van der Waals surface area contributed by atoms with Gasteiger partial charge in [-0.15, -0.1) is 0 Å². The molecule has 4 rings (SSSR count). The first-order valence-electron chi connectivity index (χ1n) is 7.59. The fourth-order valence-electron chi connectivity index (χ4n) is 3.22. The first-order chi connectivity index (χ1) is 11.1. The topological polar surface area (TPSA) is 50.5 Å². The number of fused-ring (bicyclic) bond motifs is 2. The van der Waals surface area contributed by atoms with E-state index in [0.717, 1.165) is 23.1 Å². The molecule has 23 heavy (non-hydrogen) atoms. The molecule has 4 nitrogen and oxygen atoms in total. The van der Waals surface area contributed by atoms with Crippen molar-refractivity contribution in [1.29, 1.82) is 0 Å². The second-order valence-electron chi connectivity index (χ2n) is 5.84. The lowest BCUT2D eigenvalue weighted by molar-refractivity contribution is 0.0978. The summed E-state index contributed by atoms with van der Waals surface area (Å²) in [6.07, 6.45) is 0.792. The van der Waals surface area contributed by atoms with Crippen LogP contribution in [0.4, 0.5) is 5.69 Å². The highest BCUT2D eigenvalue weighted by molar-refractivity contribution is 6.08. The van der Waals surface area contributed by atoms with Gasteiger partial charge in [0.15, 0.2) is 0 Å². The highest BCUT2D eigenvalue weighted by atomic mass is 16.4. The molecule has 1 unspecified atom stereocenters. The van der Waals surface area contributed by atoms with Gasteiger partial charge in [0.05, 0.1) is 0 Å². The number of para-hydroxylation sites is 2. The van der Waals surface area contributed by atoms with Gasteiger partial charge in [0.1, 0.15) is 11.1 Å². The first-order valence-corrected chi connectivity index (χ1v) is 7.59. The maximum absolute atomic E-state index is 13.0. The maximum atomic E-state index is 13.0. The Kier molecular flexibility index (Phi) is 3.05. The lowest BCUT2D eigenvalue weighted by Crippen LogP contribution is -2.38. The monoisotopic (exact) mass is 305 g/mol. The Morgan fingerprint density at radius 3 is 2.74 bits per heavy atom. The summed E-state index contributed by atoms with van der Waals surface area (Å²) in [5, 5.41) is 0.746. The Morgan fingerprint density at radius 2 is 1.87 bits per heavy atom. The molecule has 0 bridgehead atoms. The van der Waals surface area contributed by atoms with Crippen molar-refractivity contribution in [2.75, 3.05) is 4.90 Å². The molecule has 4 heteroatoms. The van der Waals surface area contributed by atoms with Crippen LogP contribution >= 0.6 is 0 Å². The van der Waals surface area contributed by atoms with Crippen molar-refractivity contribution in [2.24, 2.45) is 0 Å². The predicted octanol–water partition coefficient (Wildman–Crippen LogP) is 3.38. The fraction of sp³-hybridized carbons (Fsp3) is 0.158. The quantitative estimate of drug-likeness (QED) is 0.648. The van der Waals surface area contributed by atoms with Gasteiger partial charge in [-0.3, -0.25) is 4.79 Å². The van der Waals surface area contributed by atoms with Crippen LogP contribution in [-0.2, 0) is 6.42 Å². The molecule has 0 fully saturated rings. The summed E-state index contributed by atoms with van der Waals surface area (Å²) in [7, 11) is 0. The number of nitrogens with zero attached hydrogens (tertiary/aromatic N) is 1. The number of hydrogen-bond donors (Lipinski definition) is 0. The smallest absolute Gasteiger partial charge is 0.349 e. The van der Waals surface area contributed by atoms with E-state index in [1.165, 1.54) is 0 Å². The number of benzene rings is 2. The molecule has 0 saturated carbocycles. The molecule has 0 spiro atoms. The molecular weight excluding hydrogens is 290 g/mol. The van der Waals surface area contributed by atoms with Gasteiger partial charge in [-0.1, -0.05) is 36.4 Å². The molecule has 3 aromatic rings. The number of rotatable bonds is 1. The molecule has 0 saturated heterocycles. The van der Waals surface area contributed by atoms with Gasteiger partial charge in [-0.05, 0) is 37.1 Å². The third kappa shape index (κ3) is 2.14. The first kappa shape index (κ1) is 13.8. The lowest BCUT2D eigenvalue weighted by Gasteiger charge is -2.22. The second-order valence-corrected chi connectivity index (χ2v) is 5.84. The van der Waals surface area contributed by atoms with E-state index in [9.17, 15) is 9.59 Å². The number of anilines is 1. The summed E-state index contributed by atoms with van der Waals surface area (Å²) in [4.78, 5) is 26.9. The molecule has 0 aliphatic carbocycles. The number of hydrogen-bond acceptors (Lipinski definition) is 3. The molecule has 1 atom stereocenters. The van der Waals surface area contributed by atoms with Gasteiger partial charge >= 0.3 is 5.63 Å². The Balaban J connectivity index is 1.84. The van der Waals surface area contributed by atoms with Crippen LogP contribution in [0, 0.1) is 0 Å². The van der Waals surface area contributed by atoms with Crippen LogP contribution in [0.25, 0.3) is 11.0 Å². The van der Waals surface area contributed by atoms with E-state index in [1.807, 2.05) is 43.3 Å². The zero-order valence-corrected chi connectivity index (χ0v) is 12.7. The third-order valence-corrected chi connectivity index (χ3v) is 4.30. The van der Waals surface area contributed by atoms with E-state index in [0.29, 0.717) is 5.58 Å². The average Bonchev–Trinajstić information content (AvgIpc) is 2.89. The van der Waals surface area contributed by atoms with E-state index in [4.69, 9.17) is 4.42 Å². The zero-order chi connectivity index (χ0) is 16.0. The van der Waals surface area contributed by atoms with Crippen LogP contribution in [-0.4, -0.2) is 11.9 Å². The van der Waals surface area contributed by atoms with Crippen LogP contribution in [0.15, 0.2) is 63.8 Å².